The Bertz CT molecular complexity index is 505. The molecule has 0 radical (unpaired) electrons. The van der Waals surface area contributed by atoms with Crippen molar-refractivity contribution >= 4 is 5.91 Å². The molecule has 1 amide bonds. The predicted octanol–water partition coefficient (Wildman–Crippen LogP) is 4.04. The van der Waals surface area contributed by atoms with Gasteiger partial charge in [0.25, 0.3) is 0 Å². The van der Waals surface area contributed by atoms with Gasteiger partial charge in [0.15, 0.2) is 0 Å². The highest BCUT2D eigenvalue weighted by molar-refractivity contribution is 5.78. The van der Waals surface area contributed by atoms with Crippen molar-refractivity contribution in [3.8, 4) is 0 Å². The first-order chi connectivity index (χ1) is 12.1. The average Bonchev–Trinajstić information content (AvgIpc) is 2.63. The maximum atomic E-state index is 12.2. The van der Waals surface area contributed by atoms with Gasteiger partial charge in [-0.1, -0.05) is 19.9 Å². The van der Waals surface area contributed by atoms with Gasteiger partial charge in [-0.3, -0.25) is 9.78 Å². The molecule has 0 spiro atoms. The van der Waals surface area contributed by atoms with E-state index in [-0.39, 0.29) is 11.8 Å². The third-order valence-corrected chi connectivity index (χ3v) is 5.81. The molecule has 0 aliphatic heterocycles. The van der Waals surface area contributed by atoms with E-state index in [9.17, 15) is 4.79 Å². The van der Waals surface area contributed by atoms with Gasteiger partial charge in [-0.05, 0) is 76.6 Å². The smallest absolute Gasteiger partial charge is 0.223 e. The summed E-state index contributed by atoms with van der Waals surface area (Å²) in [7, 11) is 4.31. The van der Waals surface area contributed by atoms with E-state index in [0.29, 0.717) is 17.9 Å². The normalized spacial score (nSPS) is 22.2. The van der Waals surface area contributed by atoms with Crippen LogP contribution in [0, 0.1) is 17.8 Å². The molecular formula is C21H35N3O. The molecule has 1 fully saturated rings. The lowest BCUT2D eigenvalue weighted by atomic mass is 9.77. The van der Waals surface area contributed by atoms with Crippen molar-refractivity contribution in [2.24, 2.45) is 17.8 Å². The quantitative estimate of drug-likeness (QED) is 0.773. The van der Waals surface area contributed by atoms with E-state index in [1.54, 1.807) is 0 Å². The molecule has 4 heteroatoms. The summed E-state index contributed by atoms with van der Waals surface area (Å²) >= 11 is 0. The highest BCUT2D eigenvalue weighted by Crippen LogP contribution is 2.38. The second-order valence-corrected chi connectivity index (χ2v) is 7.70. The van der Waals surface area contributed by atoms with Crippen molar-refractivity contribution in [3.63, 3.8) is 0 Å². The molecule has 0 saturated heterocycles. The van der Waals surface area contributed by atoms with Crippen LogP contribution >= 0.6 is 0 Å². The lowest BCUT2D eigenvalue weighted by Gasteiger charge is -2.37. The Balaban J connectivity index is 1.85. The van der Waals surface area contributed by atoms with Gasteiger partial charge in [0, 0.05) is 18.7 Å². The van der Waals surface area contributed by atoms with Crippen LogP contribution in [-0.4, -0.2) is 36.4 Å². The summed E-state index contributed by atoms with van der Waals surface area (Å²) in [6, 6.07) is 6.60. The molecule has 0 aromatic carbocycles. The topological polar surface area (TPSA) is 45.2 Å². The molecule has 1 N–H and O–H groups in total. The zero-order valence-corrected chi connectivity index (χ0v) is 16.4. The number of hydrogen-bond donors (Lipinski definition) is 1. The van der Waals surface area contributed by atoms with Gasteiger partial charge >= 0.3 is 0 Å². The molecule has 1 saturated carbocycles. The van der Waals surface area contributed by atoms with Gasteiger partial charge in [0.2, 0.25) is 5.91 Å². The SMILES string of the molecule is CCC(CC)C(=O)NCC1CCC([C@H](c2ccccn2)N(C)C)CC1. The number of pyridine rings is 1. The summed E-state index contributed by atoms with van der Waals surface area (Å²) in [5.41, 5.74) is 1.18. The van der Waals surface area contributed by atoms with E-state index in [4.69, 9.17) is 0 Å². The molecule has 0 unspecified atom stereocenters. The van der Waals surface area contributed by atoms with Crippen LogP contribution in [0.3, 0.4) is 0 Å². The molecule has 1 aromatic rings. The Morgan fingerprint density at radius 3 is 2.40 bits per heavy atom. The number of amides is 1. The molecule has 0 bridgehead atoms. The van der Waals surface area contributed by atoms with E-state index in [1.165, 1.54) is 31.4 Å². The van der Waals surface area contributed by atoms with Gasteiger partial charge in [0.1, 0.15) is 0 Å². The third-order valence-electron chi connectivity index (χ3n) is 5.81. The minimum Gasteiger partial charge on any atom is -0.356 e. The predicted molar refractivity (Wildman–Crippen MR) is 103 cm³/mol. The van der Waals surface area contributed by atoms with Crippen molar-refractivity contribution in [2.45, 2.75) is 58.4 Å². The Hall–Kier alpha value is -1.42. The zero-order valence-electron chi connectivity index (χ0n) is 16.4. The zero-order chi connectivity index (χ0) is 18.2. The van der Waals surface area contributed by atoms with Crippen molar-refractivity contribution in [2.75, 3.05) is 20.6 Å². The van der Waals surface area contributed by atoms with Gasteiger partial charge in [0.05, 0.1) is 11.7 Å². The molecule has 4 nitrogen and oxygen atoms in total. The molecule has 25 heavy (non-hydrogen) atoms. The summed E-state index contributed by atoms with van der Waals surface area (Å²) in [6.07, 6.45) is 8.59. The van der Waals surface area contributed by atoms with E-state index in [0.717, 1.165) is 19.4 Å². The maximum absolute atomic E-state index is 12.2. The lowest BCUT2D eigenvalue weighted by Crippen LogP contribution is -2.37. The van der Waals surface area contributed by atoms with Crippen LogP contribution in [-0.2, 0) is 4.79 Å². The standard InChI is InChI=1S/C21H35N3O/c1-5-17(6-2)21(25)23-15-16-10-12-18(13-11-16)20(24(3)4)19-9-7-8-14-22-19/h7-9,14,16-18,20H,5-6,10-13,15H2,1-4H3,(H,23,25)/t16?,18?,20-/m1/s1. The summed E-state index contributed by atoms with van der Waals surface area (Å²) in [6.45, 7) is 5.04. The summed E-state index contributed by atoms with van der Waals surface area (Å²) < 4.78 is 0. The fourth-order valence-electron chi connectivity index (χ4n) is 4.24. The van der Waals surface area contributed by atoms with Gasteiger partial charge in [-0.2, -0.15) is 0 Å². The number of nitrogens with one attached hydrogen (secondary N) is 1. The van der Waals surface area contributed by atoms with E-state index in [1.807, 2.05) is 12.3 Å². The molecule has 140 valence electrons. The maximum Gasteiger partial charge on any atom is 0.223 e. The second-order valence-electron chi connectivity index (χ2n) is 7.70. The van der Waals surface area contributed by atoms with E-state index in [2.05, 4.69) is 55.3 Å². The average molecular weight is 346 g/mol. The number of carbonyl (C=O) groups excluding carboxylic acids is 1. The monoisotopic (exact) mass is 345 g/mol. The lowest BCUT2D eigenvalue weighted by molar-refractivity contribution is -0.125. The Kier molecular flexibility index (Phi) is 7.89. The summed E-state index contributed by atoms with van der Waals surface area (Å²) in [5.74, 6) is 1.70. The first-order valence-electron chi connectivity index (χ1n) is 9.91. The number of carbonyl (C=O) groups is 1. The Morgan fingerprint density at radius 1 is 1.20 bits per heavy atom. The number of nitrogens with zero attached hydrogens (tertiary/aromatic N) is 2. The van der Waals surface area contributed by atoms with Gasteiger partial charge < -0.3 is 10.2 Å². The molecule has 1 atom stereocenters. The molecule has 2 rings (SSSR count). The van der Waals surface area contributed by atoms with E-state index < -0.39 is 0 Å². The van der Waals surface area contributed by atoms with Crippen molar-refractivity contribution in [1.29, 1.82) is 0 Å². The molecule has 1 heterocycles. The van der Waals surface area contributed by atoms with Crippen molar-refractivity contribution in [1.82, 2.24) is 15.2 Å². The van der Waals surface area contributed by atoms with Crippen molar-refractivity contribution < 1.29 is 4.79 Å². The second kappa shape index (κ2) is 9.91. The Labute approximate surface area is 153 Å². The van der Waals surface area contributed by atoms with Crippen molar-refractivity contribution in [3.05, 3.63) is 30.1 Å². The van der Waals surface area contributed by atoms with E-state index >= 15 is 0 Å². The fourth-order valence-corrected chi connectivity index (χ4v) is 4.24. The first-order valence-corrected chi connectivity index (χ1v) is 9.91. The summed E-state index contributed by atoms with van der Waals surface area (Å²) in [5, 5.41) is 3.19. The minimum atomic E-state index is 0.179. The number of rotatable bonds is 8. The van der Waals surface area contributed by atoms with Crippen LogP contribution in [0.2, 0.25) is 0 Å². The Morgan fingerprint density at radius 2 is 1.88 bits per heavy atom. The van der Waals surface area contributed by atoms with Crippen LogP contribution in [0.25, 0.3) is 0 Å². The highest BCUT2D eigenvalue weighted by atomic mass is 16.1. The molecule has 1 aliphatic carbocycles. The molecular weight excluding hydrogens is 310 g/mol. The fraction of sp³-hybridized carbons (Fsp3) is 0.714. The number of aromatic nitrogens is 1. The van der Waals surface area contributed by atoms with Crippen LogP contribution in [0.4, 0.5) is 0 Å². The number of hydrogen-bond acceptors (Lipinski definition) is 3. The van der Waals surface area contributed by atoms with Crippen LogP contribution in [0.15, 0.2) is 24.4 Å². The van der Waals surface area contributed by atoms with Crippen LogP contribution < -0.4 is 5.32 Å². The third kappa shape index (κ3) is 5.53. The molecule has 1 aliphatic rings. The highest BCUT2D eigenvalue weighted by Gasteiger charge is 2.30. The largest absolute Gasteiger partial charge is 0.356 e. The van der Waals surface area contributed by atoms with Gasteiger partial charge in [-0.25, -0.2) is 0 Å². The minimum absolute atomic E-state index is 0.179. The first kappa shape index (κ1) is 19.9. The van der Waals surface area contributed by atoms with Crippen LogP contribution in [0.1, 0.15) is 64.1 Å². The summed E-state index contributed by atoms with van der Waals surface area (Å²) in [4.78, 5) is 19.1. The van der Waals surface area contributed by atoms with Crippen LogP contribution in [0.5, 0.6) is 0 Å². The molecule has 1 aromatic heterocycles. The van der Waals surface area contributed by atoms with Gasteiger partial charge in [-0.15, -0.1) is 0 Å².